The van der Waals surface area contributed by atoms with Gasteiger partial charge in [0.15, 0.2) is 0 Å². The lowest BCUT2D eigenvalue weighted by atomic mass is 9.51. The Morgan fingerprint density at radius 2 is 1.68 bits per heavy atom. The predicted molar refractivity (Wildman–Crippen MR) is 142 cm³/mol. The zero-order valence-electron chi connectivity index (χ0n) is 23.4. The first-order valence-electron chi connectivity index (χ1n) is 13.6. The number of aliphatic hydroxyl groups is 1. The Morgan fingerprint density at radius 1 is 1.08 bits per heavy atom. The van der Waals surface area contributed by atoms with Crippen LogP contribution in [0.15, 0.2) is 24.3 Å². The number of aliphatic hydroxyl groups excluding tert-OH is 1. The minimum atomic E-state index is -0.611. The van der Waals surface area contributed by atoms with Crippen LogP contribution < -0.4 is 10.1 Å². The summed E-state index contributed by atoms with van der Waals surface area (Å²) in [5.41, 5.74) is 0.584. The van der Waals surface area contributed by atoms with Crippen LogP contribution in [-0.2, 0) is 14.3 Å². The summed E-state index contributed by atoms with van der Waals surface area (Å²) in [5.74, 6) is 0.282. The van der Waals surface area contributed by atoms with Gasteiger partial charge in [-0.25, -0.2) is 0 Å². The van der Waals surface area contributed by atoms with Crippen LogP contribution in [0.2, 0.25) is 0 Å². The minimum absolute atomic E-state index is 0.00261. The highest BCUT2D eigenvalue weighted by Crippen LogP contribution is 2.55. The number of nitrogens with zero attached hydrogens (tertiary/aromatic N) is 1. The van der Waals surface area contributed by atoms with E-state index in [0.717, 1.165) is 25.7 Å². The number of rotatable bonds is 11. The average molecular weight is 519 g/mol. The Hall–Kier alpha value is -2.16. The molecule has 0 heterocycles. The first-order chi connectivity index (χ1) is 17.7. The number of carbonyl (C=O) groups excluding carboxylic acids is 2. The smallest absolute Gasteiger partial charge is 0.251 e. The molecule has 0 radical (unpaired) electrons. The maximum Gasteiger partial charge on any atom is 0.251 e. The molecule has 2 N–H and O–H groups in total. The van der Waals surface area contributed by atoms with Crippen molar-refractivity contribution in [1.82, 2.24) is 10.2 Å². The highest BCUT2D eigenvalue weighted by atomic mass is 16.5. The van der Waals surface area contributed by atoms with Crippen LogP contribution in [0.1, 0.15) is 56.8 Å². The van der Waals surface area contributed by atoms with Gasteiger partial charge in [0.05, 0.1) is 26.4 Å². The number of benzene rings is 1. The number of ether oxygens (including phenoxy) is 3. The second kappa shape index (κ2) is 13.1. The van der Waals surface area contributed by atoms with Gasteiger partial charge in [-0.3, -0.25) is 9.59 Å². The van der Waals surface area contributed by atoms with E-state index in [1.54, 1.807) is 50.5 Å². The van der Waals surface area contributed by atoms with Crippen molar-refractivity contribution in [3.05, 3.63) is 29.8 Å². The van der Waals surface area contributed by atoms with Crippen molar-refractivity contribution in [2.24, 2.45) is 29.1 Å². The van der Waals surface area contributed by atoms with Gasteiger partial charge in [0, 0.05) is 44.8 Å². The van der Waals surface area contributed by atoms with Gasteiger partial charge in [-0.2, -0.15) is 0 Å². The van der Waals surface area contributed by atoms with E-state index >= 15 is 0 Å². The normalized spacial score (nSPS) is 30.2. The number of methoxy groups -OCH3 is 3. The standard InChI is InChI=1S/C29H46N2O6/c1-19(28(34)31(15-17-35-4)16-18-36-5)23-11-13-29(3)14-12-24(20(2)25(29)26(23)32)30-27(33)21-7-9-22(37-6)10-8-21/h7-10,19-20,23-26,32H,11-18H2,1-6H3,(H,30,33). The Morgan fingerprint density at radius 3 is 2.24 bits per heavy atom. The maximum absolute atomic E-state index is 13.5. The van der Waals surface area contributed by atoms with Gasteiger partial charge in [0.1, 0.15) is 5.75 Å². The third-order valence-corrected chi connectivity index (χ3v) is 9.03. The lowest BCUT2D eigenvalue weighted by Gasteiger charge is -2.56. The molecule has 1 aromatic rings. The number of nitrogens with one attached hydrogen (secondary N) is 1. The topological polar surface area (TPSA) is 97.3 Å². The van der Waals surface area contributed by atoms with Crippen LogP contribution in [0.3, 0.4) is 0 Å². The summed E-state index contributed by atoms with van der Waals surface area (Å²) in [4.78, 5) is 28.3. The molecule has 7 unspecified atom stereocenters. The molecule has 7 atom stereocenters. The van der Waals surface area contributed by atoms with E-state index in [1.165, 1.54) is 0 Å². The van der Waals surface area contributed by atoms with Crippen molar-refractivity contribution in [3.63, 3.8) is 0 Å². The summed E-state index contributed by atoms with van der Waals surface area (Å²) in [6.45, 7) is 8.28. The van der Waals surface area contributed by atoms with E-state index in [-0.39, 0.29) is 46.9 Å². The zero-order chi connectivity index (χ0) is 27.2. The van der Waals surface area contributed by atoms with Crippen molar-refractivity contribution >= 4 is 11.8 Å². The van der Waals surface area contributed by atoms with E-state index < -0.39 is 6.10 Å². The Labute approximate surface area is 222 Å². The zero-order valence-corrected chi connectivity index (χ0v) is 23.4. The van der Waals surface area contributed by atoms with E-state index in [2.05, 4.69) is 19.2 Å². The molecule has 37 heavy (non-hydrogen) atoms. The lowest BCUT2D eigenvalue weighted by molar-refractivity contribution is -0.151. The van der Waals surface area contributed by atoms with Gasteiger partial charge in [0.2, 0.25) is 5.91 Å². The fraction of sp³-hybridized carbons (Fsp3) is 0.724. The number of carbonyl (C=O) groups is 2. The van der Waals surface area contributed by atoms with Gasteiger partial charge in [0.25, 0.3) is 5.91 Å². The number of amides is 2. The van der Waals surface area contributed by atoms with Crippen LogP contribution in [0.25, 0.3) is 0 Å². The molecular formula is C29H46N2O6. The van der Waals surface area contributed by atoms with E-state index in [1.807, 2.05) is 6.92 Å². The molecule has 0 spiro atoms. The summed E-state index contributed by atoms with van der Waals surface area (Å²) in [5, 5.41) is 15.0. The second-order valence-corrected chi connectivity index (χ2v) is 11.2. The van der Waals surface area contributed by atoms with Crippen LogP contribution in [0.5, 0.6) is 5.75 Å². The quantitative estimate of drug-likeness (QED) is 0.466. The van der Waals surface area contributed by atoms with Crippen LogP contribution >= 0.6 is 0 Å². The van der Waals surface area contributed by atoms with Crippen molar-refractivity contribution in [2.45, 2.75) is 58.6 Å². The molecule has 2 aliphatic rings. The fourth-order valence-electron chi connectivity index (χ4n) is 6.70. The molecule has 0 aromatic heterocycles. The molecule has 0 aliphatic heterocycles. The first kappa shape index (κ1) is 29.4. The molecule has 0 saturated heterocycles. The van der Waals surface area contributed by atoms with Crippen LogP contribution in [0, 0.1) is 29.1 Å². The number of hydrogen-bond donors (Lipinski definition) is 2. The first-order valence-corrected chi connectivity index (χ1v) is 13.6. The summed E-state index contributed by atoms with van der Waals surface area (Å²) >= 11 is 0. The largest absolute Gasteiger partial charge is 0.497 e. The molecule has 8 heteroatoms. The van der Waals surface area contributed by atoms with Gasteiger partial charge < -0.3 is 29.5 Å². The Bertz CT molecular complexity index is 885. The van der Waals surface area contributed by atoms with Gasteiger partial charge in [-0.15, -0.1) is 0 Å². The molecule has 2 saturated carbocycles. The molecule has 208 valence electrons. The maximum atomic E-state index is 13.5. The van der Waals surface area contributed by atoms with Crippen LogP contribution in [0.4, 0.5) is 0 Å². The average Bonchev–Trinajstić information content (AvgIpc) is 2.90. The van der Waals surface area contributed by atoms with Crippen LogP contribution in [-0.4, -0.2) is 81.6 Å². The van der Waals surface area contributed by atoms with Gasteiger partial charge in [-0.05, 0) is 73.1 Å². The second-order valence-electron chi connectivity index (χ2n) is 11.2. The molecule has 2 amide bonds. The predicted octanol–water partition coefficient (Wildman–Crippen LogP) is 3.37. The third kappa shape index (κ3) is 6.65. The Balaban J connectivity index is 1.72. The molecule has 0 bridgehead atoms. The number of fused-ring (bicyclic) bond motifs is 1. The minimum Gasteiger partial charge on any atom is -0.497 e. The SMILES string of the molecule is COCCN(CCOC)C(=O)C(C)C1CCC2(C)CCC(NC(=O)c3ccc(OC)cc3)C(C)C2C1O. The highest BCUT2D eigenvalue weighted by molar-refractivity contribution is 5.94. The molecule has 1 aromatic carbocycles. The highest BCUT2D eigenvalue weighted by Gasteiger charge is 2.54. The summed E-state index contributed by atoms with van der Waals surface area (Å²) in [6, 6.07) is 7.07. The summed E-state index contributed by atoms with van der Waals surface area (Å²) in [7, 11) is 4.86. The molecule has 3 rings (SSSR count). The van der Waals surface area contributed by atoms with Crippen molar-refractivity contribution in [1.29, 1.82) is 0 Å². The number of hydrogen-bond acceptors (Lipinski definition) is 6. The van der Waals surface area contributed by atoms with E-state index in [4.69, 9.17) is 14.2 Å². The Kier molecular flexibility index (Phi) is 10.4. The van der Waals surface area contributed by atoms with Gasteiger partial charge >= 0.3 is 0 Å². The third-order valence-electron chi connectivity index (χ3n) is 9.03. The van der Waals surface area contributed by atoms with E-state index in [0.29, 0.717) is 37.6 Å². The van der Waals surface area contributed by atoms with Crippen molar-refractivity contribution in [2.75, 3.05) is 47.6 Å². The lowest BCUT2D eigenvalue weighted by Crippen LogP contribution is -2.58. The molecule has 8 nitrogen and oxygen atoms in total. The molecule has 2 fully saturated rings. The molecule has 2 aliphatic carbocycles. The fourth-order valence-corrected chi connectivity index (χ4v) is 6.70. The van der Waals surface area contributed by atoms with Crippen molar-refractivity contribution in [3.8, 4) is 5.75 Å². The van der Waals surface area contributed by atoms with E-state index in [9.17, 15) is 14.7 Å². The van der Waals surface area contributed by atoms with Crippen molar-refractivity contribution < 1.29 is 28.9 Å². The van der Waals surface area contributed by atoms with Gasteiger partial charge in [-0.1, -0.05) is 20.8 Å². The monoisotopic (exact) mass is 518 g/mol. The summed E-state index contributed by atoms with van der Waals surface area (Å²) in [6.07, 6.45) is 3.00. The molecular weight excluding hydrogens is 472 g/mol. The summed E-state index contributed by atoms with van der Waals surface area (Å²) < 4.78 is 15.6.